The van der Waals surface area contributed by atoms with E-state index in [2.05, 4.69) is 26.1 Å². The maximum atomic E-state index is 12.4. The lowest BCUT2D eigenvalue weighted by Gasteiger charge is -2.35. The third kappa shape index (κ3) is 4.70. The molecule has 1 saturated carbocycles. The Kier molecular flexibility index (Phi) is 6.71. The van der Waals surface area contributed by atoms with Gasteiger partial charge in [-0.25, -0.2) is 0 Å². The van der Waals surface area contributed by atoms with Gasteiger partial charge < -0.3 is 5.32 Å². The summed E-state index contributed by atoms with van der Waals surface area (Å²) in [7, 11) is 1.36. The Morgan fingerprint density at radius 2 is 2.06 bits per heavy atom. The molecule has 1 aliphatic rings. The molecule has 1 rings (SSSR count). The summed E-state index contributed by atoms with van der Waals surface area (Å²) in [5.74, 6) is 2.22. The largest absolute Gasteiger partial charge is 0.316 e. The first-order chi connectivity index (χ1) is 8.08. The van der Waals surface area contributed by atoms with E-state index in [1.165, 1.54) is 32.1 Å². The summed E-state index contributed by atoms with van der Waals surface area (Å²) in [5.41, 5.74) is 0. The van der Waals surface area contributed by atoms with Gasteiger partial charge in [-0.1, -0.05) is 33.6 Å². The zero-order chi connectivity index (χ0) is 12.8. The Morgan fingerprint density at radius 3 is 2.59 bits per heavy atom. The van der Waals surface area contributed by atoms with E-state index in [1.807, 2.05) is 7.05 Å². The van der Waals surface area contributed by atoms with Crippen molar-refractivity contribution in [1.29, 1.82) is 0 Å². The van der Waals surface area contributed by atoms with Gasteiger partial charge in [-0.05, 0) is 38.1 Å². The van der Waals surface area contributed by atoms with E-state index in [-0.39, 0.29) is 0 Å². The first-order valence-electron chi connectivity index (χ1n) is 7.12. The third-order valence-electron chi connectivity index (χ3n) is 3.80. The van der Waals surface area contributed by atoms with E-state index in [0.29, 0.717) is 17.2 Å². The van der Waals surface area contributed by atoms with Gasteiger partial charge in [0.1, 0.15) is 0 Å². The van der Waals surface area contributed by atoms with E-state index in [4.69, 9.17) is 0 Å². The molecule has 1 N–H and O–H groups in total. The first-order valence-corrected chi connectivity index (χ1v) is 8.51. The number of hydrogen-bond donors (Lipinski definition) is 1. The minimum atomic E-state index is -0.653. The van der Waals surface area contributed by atoms with Gasteiger partial charge in [-0.15, -0.1) is 0 Å². The predicted octanol–water partition coefficient (Wildman–Crippen LogP) is 2.95. The predicted molar refractivity (Wildman–Crippen MR) is 76.7 cm³/mol. The molecule has 0 aromatic rings. The molecule has 0 saturated heterocycles. The van der Waals surface area contributed by atoms with Crippen LogP contribution in [0.25, 0.3) is 0 Å². The lowest BCUT2D eigenvalue weighted by Crippen LogP contribution is -2.45. The fraction of sp³-hybridized carbons (Fsp3) is 1.00. The minimum Gasteiger partial charge on any atom is -0.316 e. The van der Waals surface area contributed by atoms with Crippen molar-refractivity contribution in [2.45, 2.75) is 64.2 Å². The van der Waals surface area contributed by atoms with Gasteiger partial charge in [0.15, 0.2) is 0 Å². The molecule has 0 bridgehead atoms. The summed E-state index contributed by atoms with van der Waals surface area (Å²) in [4.78, 5) is 0. The van der Waals surface area contributed by atoms with Crippen LogP contribution in [0, 0.1) is 11.8 Å². The van der Waals surface area contributed by atoms with Crippen LogP contribution >= 0.6 is 0 Å². The molecule has 1 fully saturated rings. The normalized spacial score (nSPS) is 31.7. The van der Waals surface area contributed by atoms with Crippen molar-refractivity contribution in [1.82, 2.24) is 5.32 Å². The first kappa shape index (κ1) is 15.2. The topological polar surface area (TPSA) is 29.1 Å². The number of rotatable bonds is 6. The number of hydrogen-bond acceptors (Lipinski definition) is 2. The summed E-state index contributed by atoms with van der Waals surface area (Å²) < 4.78 is 12.4. The Hall–Kier alpha value is 0.110. The highest BCUT2D eigenvalue weighted by Gasteiger charge is 2.33. The molecule has 0 heterocycles. The third-order valence-corrected chi connectivity index (χ3v) is 5.99. The molecule has 0 amide bonds. The second kappa shape index (κ2) is 7.52. The zero-order valence-corrected chi connectivity index (χ0v) is 12.7. The Balaban J connectivity index is 2.59. The van der Waals surface area contributed by atoms with Gasteiger partial charge in [0.2, 0.25) is 0 Å². The maximum Gasteiger partial charge on any atom is 0.0503 e. The van der Waals surface area contributed by atoms with Crippen LogP contribution in [0.5, 0.6) is 0 Å². The van der Waals surface area contributed by atoms with Crippen LogP contribution in [0.15, 0.2) is 0 Å². The lowest BCUT2D eigenvalue weighted by molar-refractivity contribution is 0.292. The molecule has 4 atom stereocenters. The number of nitrogens with one attached hydrogen (secondary N) is 1. The highest BCUT2D eigenvalue weighted by Crippen LogP contribution is 2.31. The Morgan fingerprint density at radius 1 is 1.35 bits per heavy atom. The van der Waals surface area contributed by atoms with Crippen molar-refractivity contribution in [3.05, 3.63) is 0 Å². The van der Waals surface area contributed by atoms with Crippen LogP contribution in [0.4, 0.5) is 0 Å². The average molecular weight is 259 g/mol. The van der Waals surface area contributed by atoms with Gasteiger partial charge in [0, 0.05) is 22.6 Å². The van der Waals surface area contributed by atoms with E-state index < -0.39 is 10.8 Å². The molecule has 0 aromatic carbocycles. The van der Waals surface area contributed by atoms with Gasteiger partial charge >= 0.3 is 0 Å². The Labute approximate surface area is 109 Å². The fourth-order valence-electron chi connectivity index (χ4n) is 2.96. The molecular weight excluding hydrogens is 230 g/mol. The Bertz CT molecular complexity index is 242. The zero-order valence-electron chi connectivity index (χ0n) is 11.9. The summed E-state index contributed by atoms with van der Waals surface area (Å²) in [6, 6.07) is 0.475. The van der Waals surface area contributed by atoms with Crippen LogP contribution in [-0.4, -0.2) is 28.3 Å². The highest BCUT2D eigenvalue weighted by molar-refractivity contribution is 7.85. The van der Waals surface area contributed by atoms with E-state index in [0.717, 1.165) is 11.7 Å². The minimum absolute atomic E-state index is 0.382. The second-order valence-corrected chi connectivity index (χ2v) is 7.54. The lowest BCUT2D eigenvalue weighted by atomic mass is 9.83. The molecule has 0 aromatic heterocycles. The fourth-order valence-corrected chi connectivity index (χ4v) is 4.98. The highest BCUT2D eigenvalue weighted by atomic mass is 32.2. The summed E-state index contributed by atoms with van der Waals surface area (Å²) in [6.07, 6.45) is 6.26. The molecule has 0 radical (unpaired) electrons. The molecule has 0 spiro atoms. The average Bonchev–Trinajstić information content (AvgIpc) is 2.28. The smallest absolute Gasteiger partial charge is 0.0503 e. The van der Waals surface area contributed by atoms with Crippen molar-refractivity contribution in [2.75, 3.05) is 12.8 Å². The molecule has 2 nitrogen and oxygen atoms in total. The molecule has 17 heavy (non-hydrogen) atoms. The van der Waals surface area contributed by atoms with Gasteiger partial charge in [0.25, 0.3) is 0 Å². The van der Waals surface area contributed by atoms with Crippen molar-refractivity contribution >= 4 is 10.8 Å². The molecule has 102 valence electrons. The van der Waals surface area contributed by atoms with Crippen LogP contribution in [0.1, 0.15) is 52.9 Å². The van der Waals surface area contributed by atoms with Crippen molar-refractivity contribution in [3.63, 3.8) is 0 Å². The second-order valence-electron chi connectivity index (χ2n) is 5.84. The van der Waals surface area contributed by atoms with Crippen LogP contribution < -0.4 is 5.32 Å². The van der Waals surface area contributed by atoms with E-state index in [1.54, 1.807) is 0 Å². The summed E-state index contributed by atoms with van der Waals surface area (Å²) in [5, 5.41) is 3.76. The molecule has 0 aliphatic heterocycles. The van der Waals surface area contributed by atoms with Crippen molar-refractivity contribution in [3.8, 4) is 0 Å². The SMILES string of the molecule is CCCC1CCC(NC)C(S(=O)CC(C)C)C1. The van der Waals surface area contributed by atoms with Crippen LogP contribution in [0.2, 0.25) is 0 Å². The monoisotopic (exact) mass is 259 g/mol. The molecule has 3 heteroatoms. The van der Waals surface area contributed by atoms with E-state index >= 15 is 0 Å². The van der Waals surface area contributed by atoms with Gasteiger partial charge in [-0.3, -0.25) is 4.21 Å². The van der Waals surface area contributed by atoms with Gasteiger partial charge in [0.05, 0.1) is 5.25 Å². The van der Waals surface area contributed by atoms with Crippen molar-refractivity contribution < 1.29 is 4.21 Å². The van der Waals surface area contributed by atoms with Gasteiger partial charge in [-0.2, -0.15) is 0 Å². The van der Waals surface area contributed by atoms with Crippen molar-refractivity contribution in [2.24, 2.45) is 11.8 Å². The standard InChI is InChI=1S/C14H29NOS/c1-5-6-12-7-8-13(15-4)14(9-12)17(16)10-11(2)3/h11-15H,5-10H2,1-4H3. The quantitative estimate of drug-likeness (QED) is 0.794. The molecule has 4 unspecified atom stereocenters. The van der Waals surface area contributed by atoms with E-state index in [9.17, 15) is 4.21 Å². The summed E-state index contributed by atoms with van der Waals surface area (Å²) in [6.45, 7) is 6.58. The van der Waals surface area contributed by atoms with Crippen LogP contribution in [-0.2, 0) is 10.8 Å². The molecular formula is C14H29NOS. The van der Waals surface area contributed by atoms with Crippen LogP contribution in [0.3, 0.4) is 0 Å². The summed E-state index contributed by atoms with van der Waals surface area (Å²) >= 11 is 0. The maximum absolute atomic E-state index is 12.4. The molecule has 1 aliphatic carbocycles.